The lowest BCUT2D eigenvalue weighted by molar-refractivity contribution is 0.549. The van der Waals surface area contributed by atoms with Gasteiger partial charge in [-0.25, -0.2) is 0 Å². The highest BCUT2D eigenvalue weighted by Gasteiger charge is 2.08. The van der Waals surface area contributed by atoms with E-state index in [4.69, 9.17) is 0 Å². The molecule has 94 valence electrons. The first-order valence-corrected chi connectivity index (χ1v) is 6.46. The van der Waals surface area contributed by atoms with Crippen molar-refractivity contribution in [2.24, 2.45) is 0 Å². The molecule has 0 saturated carbocycles. The van der Waals surface area contributed by atoms with Crippen LogP contribution in [0.3, 0.4) is 0 Å². The minimum Gasteiger partial charge on any atom is -0.316 e. The molecule has 1 heteroatoms. The third-order valence-electron chi connectivity index (χ3n) is 3.21. The smallest absolute Gasteiger partial charge is 0.0141 e. The minimum atomic E-state index is 0.503. The van der Waals surface area contributed by atoms with Gasteiger partial charge >= 0.3 is 0 Å². The molecule has 1 rings (SSSR count). The van der Waals surface area contributed by atoms with E-state index < -0.39 is 0 Å². The summed E-state index contributed by atoms with van der Waals surface area (Å²) in [5.41, 5.74) is 5.45. The van der Waals surface area contributed by atoms with E-state index in [1.165, 1.54) is 22.3 Å². The van der Waals surface area contributed by atoms with Crippen LogP contribution in [-0.4, -0.2) is 13.1 Å². The normalized spacial score (nSPS) is 12.5. The molecule has 0 saturated heterocycles. The molecule has 17 heavy (non-hydrogen) atoms. The van der Waals surface area contributed by atoms with E-state index in [-0.39, 0.29) is 0 Å². The predicted molar refractivity (Wildman–Crippen MR) is 76.5 cm³/mol. The van der Waals surface area contributed by atoms with E-state index in [2.05, 4.69) is 50.9 Å². The maximum Gasteiger partial charge on any atom is 0.0141 e. The van der Waals surface area contributed by atoms with Gasteiger partial charge in [0.2, 0.25) is 0 Å². The van der Waals surface area contributed by atoms with Gasteiger partial charge in [-0.2, -0.15) is 0 Å². The van der Waals surface area contributed by atoms with Crippen molar-refractivity contribution >= 4 is 0 Å². The van der Waals surface area contributed by atoms with Gasteiger partial charge in [0.25, 0.3) is 0 Å². The maximum atomic E-state index is 4.10. The van der Waals surface area contributed by atoms with Crippen LogP contribution >= 0.6 is 0 Å². The largest absolute Gasteiger partial charge is 0.316 e. The topological polar surface area (TPSA) is 12.0 Å². The molecule has 0 aliphatic heterocycles. The minimum absolute atomic E-state index is 0.503. The SMILES string of the molecule is C=C(CC)CC(Cc1cc(C)cc(C)c1)NC. The lowest BCUT2D eigenvalue weighted by Gasteiger charge is -2.17. The zero-order chi connectivity index (χ0) is 12.8. The average Bonchev–Trinajstić information content (AvgIpc) is 2.26. The summed E-state index contributed by atoms with van der Waals surface area (Å²) >= 11 is 0. The van der Waals surface area contributed by atoms with Crippen molar-refractivity contribution in [3.05, 3.63) is 47.0 Å². The highest BCUT2D eigenvalue weighted by Crippen LogP contribution is 2.15. The Kier molecular flexibility index (Phi) is 5.43. The number of hydrogen-bond donors (Lipinski definition) is 1. The molecule has 1 atom stereocenters. The summed E-state index contributed by atoms with van der Waals surface area (Å²) in [6.07, 6.45) is 3.23. The number of likely N-dealkylation sites (N-methyl/N-ethyl adjacent to an activating group) is 1. The fourth-order valence-corrected chi connectivity index (χ4v) is 2.24. The molecule has 1 unspecified atom stereocenters. The first-order valence-electron chi connectivity index (χ1n) is 6.46. The Labute approximate surface area is 106 Å². The van der Waals surface area contributed by atoms with E-state index in [1.54, 1.807) is 0 Å². The fourth-order valence-electron chi connectivity index (χ4n) is 2.24. The van der Waals surface area contributed by atoms with Crippen molar-refractivity contribution in [2.45, 2.75) is 46.1 Å². The predicted octanol–water partition coefficient (Wildman–Crippen LogP) is 3.79. The van der Waals surface area contributed by atoms with Crippen LogP contribution < -0.4 is 5.32 Å². The van der Waals surface area contributed by atoms with Crippen LogP contribution in [0.5, 0.6) is 0 Å². The van der Waals surface area contributed by atoms with Gasteiger partial charge in [-0.05, 0) is 45.7 Å². The number of benzene rings is 1. The van der Waals surface area contributed by atoms with Gasteiger partial charge in [-0.1, -0.05) is 48.4 Å². The van der Waals surface area contributed by atoms with Gasteiger partial charge in [-0.3, -0.25) is 0 Å². The lowest BCUT2D eigenvalue weighted by Crippen LogP contribution is -2.28. The van der Waals surface area contributed by atoms with Crippen LogP contribution in [0.2, 0.25) is 0 Å². The third-order valence-corrected chi connectivity index (χ3v) is 3.21. The molecule has 1 aromatic rings. The molecule has 0 radical (unpaired) electrons. The zero-order valence-corrected chi connectivity index (χ0v) is 11.6. The molecule has 0 heterocycles. The molecular formula is C16H25N. The summed E-state index contributed by atoms with van der Waals surface area (Å²) in [4.78, 5) is 0. The summed E-state index contributed by atoms with van der Waals surface area (Å²) in [6, 6.07) is 7.30. The van der Waals surface area contributed by atoms with Crippen molar-refractivity contribution in [1.29, 1.82) is 0 Å². The number of aryl methyl sites for hydroxylation is 2. The molecular weight excluding hydrogens is 206 g/mol. The molecule has 0 aliphatic carbocycles. The second kappa shape index (κ2) is 6.61. The monoisotopic (exact) mass is 231 g/mol. The summed E-state index contributed by atoms with van der Waals surface area (Å²) < 4.78 is 0. The van der Waals surface area contributed by atoms with E-state index in [0.29, 0.717) is 6.04 Å². The van der Waals surface area contributed by atoms with Crippen molar-refractivity contribution in [3.8, 4) is 0 Å². The number of nitrogens with one attached hydrogen (secondary N) is 1. The Morgan fingerprint density at radius 3 is 2.29 bits per heavy atom. The second-order valence-corrected chi connectivity index (χ2v) is 4.99. The van der Waals surface area contributed by atoms with Crippen molar-refractivity contribution in [2.75, 3.05) is 7.05 Å². The number of rotatable bonds is 6. The van der Waals surface area contributed by atoms with E-state index in [0.717, 1.165) is 19.3 Å². The molecule has 1 aromatic carbocycles. The molecule has 1 N–H and O–H groups in total. The molecule has 0 spiro atoms. The first-order chi connectivity index (χ1) is 8.05. The van der Waals surface area contributed by atoms with Crippen molar-refractivity contribution in [1.82, 2.24) is 5.32 Å². The maximum absolute atomic E-state index is 4.10. The highest BCUT2D eigenvalue weighted by molar-refractivity contribution is 5.29. The van der Waals surface area contributed by atoms with Crippen LogP contribution in [0.1, 0.15) is 36.5 Å². The van der Waals surface area contributed by atoms with Gasteiger partial charge in [0.05, 0.1) is 0 Å². The summed E-state index contributed by atoms with van der Waals surface area (Å²) in [6.45, 7) is 10.6. The van der Waals surface area contributed by atoms with E-state index in [9.17, 15) is 0 Å². The van der Waals surface area contributed by atoms with Crippen molar-refractivity contribution < 1.29 is 0 Å². The van der Waals surface area contributed by atoms with E-state index in [1.807, 2.05) is 7.05 Å². The van der Waals surface area contributed by atoms with Crippen LogP contribution in [0.4, 0.5) is 0 Å². The highest BCUT2D eigenvalue weighted by atomic mass is 14.9. The standard InChI is InChI=1S/C16H25N/c1-6-12(2)10-16(17-5)11-15-8-13(3)7-14(4)9-15/h7-9,16-17H,2,6,10-11H2,1,3-5H3. The molecule has 0 aliphatic rings. The lowest BCUT2D eigenvalue weighted by atomic mass is 9.96. The van der Waals surface area contributed by atoms with Gasteiger partial charge in [-0.15, -0.1) is 0 Å². The van der Waals surface area contributed by atoms with Crippen LogP contribution in [0.25, 0.3) is 0 Å². The number of hydrogen-bond acceptors (Lipinski definition) is 1. The molecule has 0 fully saturated rings. The van der Waals surface area contributed by atoms with Gasteiger partial charge < -0.3 is 5.32 Å². The fraction of sp³-hybridized carbons (Fsp3) is 0.500. The van der Waals surface area contributed by atoms with Gasteiger partial charge in [0.15, 0.2) is 0 Å². The quantitative estimate of drug-likeness (QED) is 0.734. The Hall–Kier alpha value is -1.08. The average molecular weight is 231 g/mol. The summed E-state index contributed by atoms with van der Waals surface area (Å²) in [5.74, 6) is 0. The summed E-state index contributed by atoms with van der Waals surface area (Å²) in [5, 5.41) is 3.39. The Morgan fingerprint density at radius 2 is 1.82 bits per heavy atom. The van der Waals surface area contributed by atoms with Crippen LogP contribution in [0.15, 0.2) is 30.4 Å². The Bertz CT molecular complexity index is 359. The Morgan fingerprint density at radius 1 is 1.24 bits per heavy atom. The van der Waals surface area contributed by atoms with Gasteiger partial charge in [0, 0.05) is 6.04 Å². The third kappa shape index (κ3) is 4.74. The Balaban J connectivity index is 2.70. The van der Waals surface area contributed by atoms with Gasteiger partial charge in [0.1, 0.15) is 0 Å². The second-order valence-electron chi connectivity index (χ2n) is 4.99. The molecule has 0 bridgehead atoms. The molecule has 0 amide bonds. The van der Waals surface area contributed by atoms with Crippen LogP contribution in [0, 0.1) is 13.8 Å². The van der Waals surface area contributed by atoms with Crippen molar-refractivity contribution in [3.63, 3.8) is 0 Å². The van der Waals surface area contributed by atoms with E-state index >= 15 is 0 Å². The molecule has 1 nitrogen and oxygen atoms in total. The zero-order valence-electron chi connectivity index (χ0n) is 11.6. The van der Waals surface area contributed by atoms with Crippen LogP contribution in [-0.2, 0) is 6.42 Å². The first kappa shape index (κ1) is 14.0. The molecule has 0 aromatic heterocycles. The summed E-state index contributed by atoms with van der Waals surface area (Å²) in [7, 11) is 2.04.